The topological polar surface area (TPSA) is 138 Å². The number of aromatic amines is 1. The van der Waals surface area contributed by atoms with E-state index in [1.807, 2.05) is 0 Å². The third-order valence-corrected chi connectivity index (χ3v) is 1.75. The highest BCUT2D eigenvalue weighted by Crippen LogP contribution is 1.96. The van der Waals surface area contributed by atoms with Crippen LogP contribution >= 0.6 is 0 Å². The average Bonchev–Trinajstić information content (AvgIpc) is 2.68. The first-order chi connectivity index (χ1) is 7.50. The molecule has 1 aromatic heterocycles. The molecule has 0 aliphatic rings. The lowest BCUT2D eigenvalue weighted by molar-refractivity contribution is -0.140. The van der Waals surface area contributed by atoms with Gasteiger partial charge in [-0.15, -0.1) is 0 Å². The highest BCUT2D eigenvalue weighted by Gasteiger charge is 2.22. The molecule has 86 valence electrons. The molecule has 0 aliphatic carbocycles. The van der Waals surface area contributed by atoms with E-state index < -0.39 is 30.2 Å². The van der Waals surface area contributed by atoms with E-state index in [0.717, 1.165) is 0 Å². The van der Waals surface area contributed by atoms with Crippen molar-refractivity contribution in [3.8, 4) is 0 Å². The third kappa shape index (κ3) is 3.08. The Hall–Kier alpha value is -2.38. The molecule has 0 aliphatic heterocycles. The molecule has 1 rings (SSSR count). The van der Waals surface area contributed by atoms with E-state index >= 15 is 0 Å². The molecule has 1 aromatic rings. The number of rotatable bonds is 5. The fraction of sp³-hybridized carbons (Fsp3) is 0.250. The molecule has 0 spiro atoms. The van der Waals surface area contributed by atoms with Gasteiger partial charge in [0.1, 0.15) is 11.7 Å². The van der Waals surface area contributed by atoms with Gasteiger partial charge in [0.05, 0.1) is 6.42 Å². The Morgan fingerprint density at radius 2 is 2.25 bits per heavy atom. The Morgan fingerprint density at radius 1 is 1.56 bits per heavy atom. The second-order valence-corrected chi connectivity index (χ2v) is 3.01. The summed E-state index contributed by atoms with van der Waals surface area (Å²) in [6, 6.07) is 0.0340. The summed E-state index contributed by atoms with van der Waals surface area (Å²) in [5.41, 5.74) is 4.96. The number of primary amides is 1. The van der Waals surface area contributed by atoms with Gasteiger partial charge in [-0.25, -0.2) is 4.79 Å². The van der Waals surface area contributed by atoms with Gasteiger partial charge < -0.3 is 16.2 Å². The van der Waals surface area contributed by atoms with Crippen molar-refractivity contribution >= 4 is 17.8 Å². The summed E-state index contributed by atoms with van der Waals surface area (Å²) in [6.07, 6.45) is 0.883. The lowest BCUT2D eigenvalue weighted by atomic mass is 10.2. The summed E-state index contributed by atoms with van der Waals surface area (Å²) < 4.78 is 0. The molecule has 1 heterocycles. The first-order valence-electron chi connectivity index (χ1n) is 4.32. The number of nitrogens with one attached hydrogen (secondary N) is 2. The number of hydrogen-bond acceptors (Lipinski definition) is 4. The van der Waals surface area contributed by atoms with Crippen molar-refractivity contribution in [2.45, 2.75) is 12.5 Å². The van der Waals surface area contributed by atoms with E-state index in [1.54, 1.807) is 0 Å². The highest BCUT2D eigenvalue weighted by atomic mass is 16.4. The highest BCUT2D eigenvalue weighted by molar-refractivity contribution is 5.96. The van der Waals surface area contributed by atoms with Gasteiger partial charge in [-0.1, -0.05) is 0 Å². The largest absolute Gasteiger partial charge is 0.480 e. The van der Waals surface area contributed by atoms with E-state index in [1.165, 1.54) is 12.3 Å². The minimum absolute atomic E-state index is 0.107. The number of amides is 2. The van der Waals surface area contributed by atoms with Crippen LogP contribution in [0, 0.1) is 0 Å². The molecule has 2 amide bonds. The number of H-pyrrole nitrogens is 1. The zero-order valence-corrected chi connectivity index (χ0v) is 8.14. The number of carbonyl (C=O) groups excluding carboxylic acids is 2. The van der Waals surface area contributed by atoms with Crippen molar-refractivity contribution in [3.05, 3.63) is 18.0 Å². The molecule has 8 heteroatoms. The maximum absolute atomic E-state index is 11.4. The lowest BCUT2D eigenvalue weighted by Gasteiger charge is -2.11. The van der Waals surface area contributed by atoms with Crippen LogP contribution in [0.25, 0.3) is 0 Å². The molecular weight excluding hydrogens is 216 g/mol. The van der Waals surface area contributed by atoms with Gasteiger partial charge in [-0.2, -0.15) is 5.10 Å². The van der Waals surface area contributed by atoms with Crippen LogP contribution in [0.5, 0.6) is 0 Å². The van der Waals surface area contributed by atoms with Gasteiger partial charge in [-0.3, -0.25) is 14.7 Å². The van der Waals surface area contributed by atoms with E-state index in [-0.39, 0.29) is 5.69 Å². The van der Waals surface area contributed by atoms with E-state index in [0.29, 0.717) is 0 Å². The molecule has 16 heavy (non-hydrogen) atoms. The van der Waals surface area contributed by atoms with Gasteiger partial charge >= 0.3 is 5.97 Å². The third-order valence-electron chi connectivity index (χ3n) is 1.75. The van der Waals surface area contributed by atoms with Crippen molar-refractivity contribution < 1.29 is 19.5 Å². The summed E-state index contributed by atoms with van der Waals surface area (Å²) in [5.74, 6) is -2.80. The second-order valence-electron chi connectivity index (χ2n) is 3.01. The molecule has 0 radical (unpaired) electrons. The van der Waals surface area contributed by atoms with Crippen molar-refractivity contribution in [2.75, 3.05) is 0 Å². The molecule has 1 atom stereocenters. The maximum Gasteiger partial charge on any atom is 0.326 e. The number of nitrogens with zero attached hydrogens (tertiary/aromatic N) is 1. The summed E-state index contributed by atoms with van der Waals surface area (Å²) in [7, 11) is 0. The van der Waals surface area contributed by atoms with Gasteiger partial charge in [0, 0.05) is 6.20 Å². The minimum Gasteiger partial charge on any atom is -0.480 e. The summed E-state index contributed by atoms with van der Waals surface area (Å²) in [4.78, 5) is 32.7. The number of carboxylic acid groups (broad SMARTS) is 1. The molecule has 0 aromatic carbocycles. The predicted octanol–water partition coefficient (Wildman–Crippen LogP) is -1.53. The first kappa shape index (κ1) is 11.7. The number of carbonyl (C=O) groups is 3. The summed E-state index contributed by atoms with van der Waals surface area (Å²) >= 11 is 0. The van der Waals surface area contributed by atoms with Crippen LogP contribution in [-0.2, 0) is 9.59 Å². The quantitative estimate of drug-likeness (QED) is 0.482. The predicted molar refractivity (Wildman–Crippen MR) is 51.3 cm³/mol. The van der Waals surface area contributed by atoms with E-state index in [9.17, 15) is 14.4 Å². The Balaban J connectivity index is 2.65. The molecule has 0 bridgehead atoms. The molecule has 0 saturated heterocycles. The fourth-order valence-corrected chi connectivity index (χ4v) is 1.02. The Labute approximate surface area is 89.8 Å². The van der Waals surface area contributed by atoms with Crippen LogP contribution in [0.3, 0.4) is 0 Å². The van der Waals surface area contributed by atoms with E-state index in [4.69, 9.17) is 10.8 Å². The monoisotopic (exact) mass is 226 g/mol. The minimum atomic E-state index is -1.34. The van der Waals surface area contributed by atoms with E-state index in [2.05, 4.69) is 15.5 Å². The average molecular weight is 226 g/mol. The number of aromatic nitrogens is 2. The van der Waals surface area contributed by atoms with Crippen molar-refractivity contribution in [1.29, 1.82) is 0 Å². The van der Waals surface area contributed by atoms with Crippen LogP contribution in [0.2, 0.25) is 0 Å². The van der Waals surface area contributed by atoms with Crippen molar-refractivity contribution in [2.24, 2.45) is 5.73 Å². The molecular formula is C8H10N4O4. The first-order valence-corrected chi connectivity index (χ1v) is 4.32. The van der Waals surface area contributed by atoms with Crippen LogP contribution < -0.4 is 11.1 Å². The van der Waals surface area contributed by atoms with Gasteiger partial charge in [0.25, 0.3) is 5.91 Å². The van der Waals surface area contributed by atoms with Gasteiger partial charge in [-0.05, 0) is 6.07 Å². The van der Waals surface area contributed by atoms with Gasteiger partial charge in [0.2, 0.25) is 5.91 Å². The molecule has 0 saturated carbocycles. The number of aliphatic carboxylic acids is 1. The lowest BCUT2D eigenvalue weighted by Crippen LogP contribution is -2.43. The number of hydrogen-bond donors (Lipinski definition) is 4. The molecule has 0 fully saturated rings. The SMILES string of the molecule is NC(=O)CC(NC(=O)c1ccn[nH]1)C(=O)O. The van der Waals surface area contributed by atoms with Crippen LogP contribution in [0.1, 0.15) is 16.9 Å². The summed E-state index contributed by atoms with van der Waals surface area (Å²) in [6.45, 7) is 0. The fourth-order valence-electron chi connectivity index (χ4n) is 1.02. The number of carboxylic acids is 1. The number of nitrogens with two attached hydrogens (primary N) is 1. The Kier molecular flexibility index (Phi) is 3.59. The Bertz CT molecular complexity index is 400. The van der Waals surface area contributed by atoms with Crippen LogP contribution in [0.4, 0.5) is 0 Å². The van der Waals surface area contributed by atoms with Crippen LogP contribution in [0.15, 0.2) is 12.3 Å². The zero-order chi connectivity index (χ0) is 12.1. The van der Waals surface area contributed by atoms with Crippen molar-refractivity contribution in [1.82, 2.24) is 15.5 Å². The second kappa shape index (κ2) is 4.91. The molecule has 8 nitrogen and oxygen atoms in total. The van der Waals surface area contributed by atoms with Crippen molar-refractivity contribution in [3.63, 3.8) is 0 Å². The summed E-state index contributed by atoms with van der Waals surface area (Å²) in [5, 5.41) is 16.8. The smallest absolute Gasteiger partial charge is 0.326 e. The normalized spacial score (nSPS) is 11.8. The van der Waals surface area contributed by atoms with Gasteiger partial charge in [0.15, 0.2) is 0 Å². The Morgan fingerprint density at radius 3 is 2.69 bits per heavy atom. The molecule has 1 unspecified atom stereocenters. The zero-order valence-electron chi connectivity index (χ0n) is 8.14. The molecule has 5 N–H and O–H groups in total. The maximum atomic E-state index is 11.4. The standard InChI is InChI=1S/C8H10N4O4/c9-6(13)3-5(8(15)16)11-7(14)4-1-2-10-12-4/h1-2,5H,3H2,(H2,9,13)(H,10,12)(H,11,14)(H,15,16). The van der Waals surface area contributed by atoms with Crippen LogP contribution in [-0.4, -0.2) is 39.1 Å².